The summed E-state index contributed by atoms with van der Waals surface area (Å²) in [6.45, 7) is 8.00. The van der Waals surface area contributed by atoms with Crippen molar-refractivity contribution < 1.29 is 22.8 Å². The third-order valence-corrected chi connectivity index (χ3v) is 7.06. The van der Waals surface area contributed by atoms with E-state index in [0.717, 1.165) is 32.5 Å². The number of hydrogen-bond donors (Lipinski definition) is 0. The van der Waals surface area contributed by atoms with E-state index in [1.54, 1.807) is 21.3 Å². The van der Waals surface area contributed by atoms with Gasteiger partial charge in [0.15, 0.2) is 0 Å². The third kappa shape index (κ3) is 3.61. The lowest BCUT2D eigenvalue weighted by Crippen LogP contribution is -2.59. The first-order chi connectivity index (χ1) is 9.51. The van der Waals surface area contributed by atoms with Crippen molar-refractivity contribution in [3.63, 3.8) is 0 Å². The van der Waals surface area contributed by atoms with Gasteiger partial charge in [-0.2, -0.15) is 0 Å². The standard InChI is InChI=1S/C14H30O5Si/c1-7-9-13(20(15-4,16-5)17-6)19-12(8-2)14(3)10-18-11-14/h12-13H,7-11H2,1-6H3. The Balaban J connectivity index is 2.83. The first-order valence-corrected chi connectivity index (χ1v) is 9.20. The highest BCUT2D eigenvalue weighted by atomic mass is 28.4. The molecule has 2 unspecified atom stereocenters. The van der Waals surface area contributed by atoms with Gasteiger partial charge in [0.25, 0.3) is 0 Å². The molecule has 1 rings (SSSR count). The molecule has 0 amide bonds. The van der Waals surface area contributed by atoms with Crippen molar-refractivity contribution in [3.05, 3.63) is 0 Å². The van der Waals surface area contributed by atoms with Gasteiger partial charge in [0, 0.05) is 26.7 Å². The van der Waals surface area contributed by atoms with Crippen molar-refractivity contribution in [2.24, 2.45) is 5.41 Å². The molecule has 0 aromatic heterocycles. The lowest BCUT2D eigenvalue weighted by atomic mass is 9.81. The molecule has 1 heterocycles. The van der Waals surface area contributed by atoms with E-state index in [1.807, 2.05) is 0 Å². The Bertz CT molecular complexity index is 270. The van der Waals surface area contributed by atoms with Crippen LogP contribution in [0.3, 0.4) is 0 Å². The van der Waals surface area contributed by atoms with E-state index in [0.29, 0.717) is 0 Å². The summed E-state index contributed by atoms with van der Waals surface area (Å²) >= 11 is 0. The summed E-state index contributed by atoms with van der Waals surface area (Å²) in [5.41, 5.74) is -0.0364. The molecule has 0 bridgehead atoms. The quantitative estimate of drug-likeness (QED) is 0.580. The van der Waals surface area contributed by atoms with Crippen LogP contribution < -0.4 is 0 Å². The summed E-state index contributed by atoms with van der Waals surface area (Å²) in [6, 6.07) is 0. The molecule has 2 atom stereocenters. The number of rotatable bonds is 10. The molecule has 1 saturated heterocycles. The average Bonchev–Trinajstić information content (AvgIpc) is 2.44. The van der Waals surface area contributed by atoms with Crippen LogP contribution in [-0.2, 0) is 22.8 Å². The summed E-state index contributed by atoms with van der Waals surface area (Å²) in [6.07, 6.45) is 2.95. The van der Waals surface area contributed by atoms with Gasteiger partial charge < -0.3 is 22.8 Å². The zero-order chi connectivity index (χ0) is 15.2. The molecule has 1 fully saturated rings. The van der Waals surface area contributed by atoms with E-state index in [1.165, 1.54) is 0 Å². The molecule has 0 saturated carbocycles. The van der Waals surface area contributed by atoms with Gasteiger partial charge in [-0.05, 0) is 12.8 Å². The fourth-order valence-electron chi connectivity index (χ4n) is 2.80. The first-order valence-electron chi connectivity index (χ1n) is 7.40. The molecule has 1 aliphatic heterocycles. The molecular formula is C14H30O5Si. The second kappa shape index (κ2) is 7.86. The van der Waals surface area contributed by atoms with Crippen molar-refractivity contribution in [1.82, 2.24) is 0 Å². The lowest BCUT2D eigenvalue weighted by molar-refractivity contribution is -0.190. The van der Waals surface area contributed by atoms with E-state index in [9.17, 15) is 0 Å². The number of ether oxygens (including phenoxy) is 2. The second-order valence-electron chi connectivity index (χ2n) is 5.67. The average molecular weight is 306 g/mol. The lowest BCUT2D eigenvalue weighted by Gasteiger charge is -2.46. The molecule has 1 aliphatic rings. The maximum Gasteiger partial charge on any atom is 0.530 e. The van der Waals surface area contributed by atoms with Gasteiger partial charge in [-0.1, -0.05) is 27.2 Å². The second-order valence-corrected chi connectivity index (χ2v) is 8.75. The maximum atomic E-state index is 6.39. The van der Waals surface area contributed by atoms with Crippen LogP contribution in [0, 0.1) is 5.41 Å². The minimum absolute atomic E-state index is 0.0934. The SMILES string of the molecule is CCCC(OC(CC)C1(C)COC1)[Si](OC)(OC)OC. The monoisotopic (exact) mass is 306 g/mol. The van der Waals surface area contributed by atoms with Gasteiger partial charge in [0.2, 0.25) is 0 Å². The Labute approximate surface area is 124 Å². The van der Waals surface area contributed by atoms with Crippen LogP contribution in [0.5, 0.6) is 0 Å². The van der Waals surface area contributed by atoms with E-state index in [-0.39, 0.29) is 17.2 Å². The molecular weight excluding hydrogens is 276 g/mol. The molecule has 0 N–H and O–H groups in total. The van der Waals surface area contributed by atoms with E-state index in [4.69, 9.17) is 22.8 Å². The zero-order valence-corrected chi connectivity index (χ0v) is 14.7. The topological polar surface area (TPSA) is 46.2 Å². The van der Waals surface area contributed by atoms with Gasteiger partial charge in [0.1, 0.15) is 5.73 Å². The highest BCUT2D eigenvalue weighted by molar-refractivity contribution is 6.62. The molecule has 20 heavy (non-hydrogen) atoms. The normalized spacial score (nSPS) is 21.3. The highest BCUT2D eigenvalue weighted by Gasteiger charge is 2.51. The van der Waals surface area contributed by atoms with Crippen molar-refractivity contribution in [1.29, 1.82) is 0 Å². The Kier molecular flexibility index (Phi) is 7.10. The van der Waals surface area contributed by atoms with E-state index < -0.39 is 8.80 Å². The third-order valence-electron chi connectivity index (χ3n) is 4.14. The van der Waals surface area contributed by atoms with Gasteiger partial charge in [0.05, 0.1) is 19.3 Å². The summed E-state index contributed by atoms with van der Waals surface area (Å²) in [5, 5.41) is 0. The fourth-order valence-corrected chi connectivity index (χ4v) is 5.06. The van der Waals surface area contributed by atoms with Gasteiger partial charge in [-0.15, -0.1) is 0 Å². The van der Waals surface area contributed by atoms with Gasteiger partial charge in [-0.3, -0.25) is 0 Å². The summed E-state index contributed by atoms with van der Waals surface area (Å²) in [7, 11) is 2.14. The Morgan fingerprint density at radius 2 is 1.65 bits per heavy atom. The minimum atomic E-state index is -2.78. The van der Waals surface area contributed by atoms with Crippen molar-refractivity contribution in [2.45, 2.75) is 51.9 Å². The molecule has 0 aromatic rings. The Morgan fingerprint density at radius 1 is 1.10 bits per heavy atom. The van der Waals surface area contributed by atoms with Crippen LogP contribution in [0.1, 0.15) is 40.0 Å². The van der Waals surface area contributed by atoms with Crippen LogP contribution in [0.4, 0.5) is 0 Å². The fraction of sp³-hybridized carbons (Fsp3) is 1.00. The maximum absolute atomic E-state index is 6.39. The molecule has 0 spiro atoms. The predicted octanol–water partition coefficient (Wildman–Crippen LogP) is 2.40. The van der Waals surface area contributed by atoms with Crippen molar-refractivity contribution in [2.75, 3.05) is 34.5 Å². The largest absolute Gasteiger partial charge is 0.530 e. The molecule has 0 aliphatic carbocycles. The van der Waals surface area contributed by atoms with Crippen LogP contribution in [-0.4, -0.2) is 55.2 Å². The van der Waals surface area contributed by atoms with E-state index >= 15 is 0 Å². The molecule has 0 radical (unpaired) electrons. The minimum Gasteiger partial charge on any atom is -0.380 e. The molecule has 120 valence electrons. The first kappa shape index (κ1) is 18.1. The zero-order valence-electron chi connectivity index (χ0n) is 13.7. The molecule has 0 aromatic carbocycles. The van der Waals surface area contributed by atoms with Crippen LogP contribution in [0.2, 0.25) is 0 Å². The van der Waals surface area contributed by atoms with Crippen LogP contribution in [0.15, 0.2) is 0 Å². The van der Waals surface area contributed by atoms with Crippen LogP contribution >= 0.6 is 0 Å². The summed E-state index contributed by atoms with van der Waals surface area (Å²) < 4.78 is 28.6. The number of hydrogen-bond acceptors (Lipinski definition) is 5. The van der Waals surface area contributed by atoms with Gasteiger partial charge in [-0.25, -0.2) is 0 Å². The molecule has 6 heteroatoms. The van der Waals surface area contributed by atoms with Crippen LogP contribution in [0.25, 0.3) is 0 Å². The highest BCUT2D eigenvalue weighted by Crippen LogP contribution is 2.36. The van der Waals surface area contributed by atoms with Gasteiger partial charge >= 0.3 is 8.80 Å². The molecule has 5 nitrogen and oxygen atoms in total. The van der Waals surface area contributed by atoms with Crippen molar-refractivity contribution >= 4 is 8.80 Å². The van der Waals surface area contributed by atoms with E-state index in [2.05, 4.69) is 20.8 Å². The smallest absolute Gasteiger partial charge is 0.380 e. The Morgan fingerprint density at radius 3 is 1.95 bits per heavy atom. The summed E-state index contributed by atoms with van der Waals surface area (Å²) in [5.74, 6) is 0. The van der Waals surface area contributed by atoms with Crippen molar-refractivity contribution in [3.8, 4) is 0 Å². The summed E-state index contributed by atoms with van der Waals surface area (Å²) in [4.78, 5) is 0. The predicted molar refractivity (Wildman–Crippen MR) is 79.6 cm³/mol. The Hall–Kier alpha value is 0.0169.